The summed E-state index contributed by atoms with van der Waals surface area (Å²) >= 11 is 0. The van der Waals surface area contributed by atoms with Gasteiger partial charge in [0.1, 0.15) is 5.82 Å². The molecule has 1 rings (SSSR count). The summed E-state index contributed by atoms with van der Waals surface area (Å²) < 4.78 is 13.0. The van der Waals surface area contributed by atoms with E-state index in [1.807, 2.05) is 6.92 Å². The minimum atomic E-state index is -0.414. The highest BCUT2D eigenvalue weighted by Gasteiger charge is 2.23. The largest absolute Gasteiger partial charge is 0.397 e. The maximum Gasteiger partial charge on any atom is 0.241 e. The third kappa shape index (κ3) is 4.20. The summed E-state index contributed by atoms with van der Waals surface area (Å²) in [5.74, 6) is -0.547. The molecule has 20 heavy (non-hydrogen) atoms. The van der Waals surface area contributed by atoms with Crippen molar-refractivity contribution in [3.8, 4) is 0 Å². The van der Waals surface area contributed by atoms with Crippen molar-refractivity contribution in [1.29, 1.82) is 0 Å². The first-order valence-corrected chi connectivity index (χ1v) is 6.98. The van der Waals surface area contributed by atoms with Crippen LogP contribution in [0.25, 0.3) is 0 Å². The van der Waals surface area contributed by atoms with Crippen LogP contribution < -0.4 is 11.1 Å². The zero-order chi connectivity index (χ0) is 15.3. The number of nitrogens with one attached hydrogen (secondary N) is 1. The lowest BCUT2D eigenvalue weighted by atomic mass is 10.1. The second-order valence-electron chi connectivity index (χ2n) is 5.23. The highest BCUT2D eigenvalue weighted by Crippen LogP contribution is 2.20. The van der Waals surface area contributed by atoms with Gasteiger partial charge in [0.15, 0.2) is 0 Å². The maximum absolute atomic E-state index is 13.0. The van der Waals surface area contributed by atoms with Gasteiger partial charge >= 0.3 is 0 Å². The van der Waals surface area contributed by atoms with E-state index in [4.69, 9.17) is 5.73 Å². The molecule has 0 bridgehead atoms. The van der Waals surface area contributed by atoms with Gasteiger partial charge in [-0.1, -0.05) is 6.92 Å². The number of anilines is 2. The van der Waals surface area contributed by atoms with Crippen LogP contribution in [0.2, 0.25) is 0 Å². The molecule has 0 aliphatic carbocycles. The van der Waals surface area contributed by atoms with Crippen LogP contribution in [0.5, 0.6) is 0 Å². The molecule has 0 fully saturated rings. The third-order valence-electron chi connectivity index (χ3n) is 3.29. The number of carbonyl (C=O) groups is 1. The second-order valence-corrected chi connectivity index (χ2v) is 5.23. The monoisotopic (exact) mass is 281 g/mol. The number of nitrogen functional groups attached to an aromatic ring is 1. The van der Waals surface area contributed by atoms with Gasteiger partial charge in [-0.3, -0.25) is 9.69 Å². The standard InChI is InChI=1S/C15H24FN3O/c1-5-8-19(10(2)3)11(4)15(20)18-14-7-6-12(16)9-13(14)17/h6-7,9-11H,5,8,17H2,1-4H3,(H,18,20). The Kier molecular flexibility index (Phi) is 5.95. The Morgan fingerprint density at radius 3 is 2.55 bits per heavy atom. The highest BCUT2D eigenvalue weighted by atomic mass is 19.1. The summed E-state index contributed by atoms with van der Waals surface area (Å²) in [6, 6.07) is 3.98. The van der Waals surface area contributed by atoms with Crippen LogP contribution in [0.4, 0.5) is 15.8 Å². The fourth-order valence-electron chi connectivity index (χ4n) is 2.19. The van der Waals surface area contributed by atoms with E-state index in [1.54, 1.807) is 0 Å². The number of carbonyl (C=O) groups excluding carboxylic acids is 1. The maximum atomic E-state index is 13.0. The first kappa shape index (κ1) is 16.4. The number of halogens is 1. The molecular weight excluding hydrogens is 257 g/mol. The van der Waals surface area contributed by atoms with E-state index in [0.717, 1.165) is 13.0 Å². The van der Waals surface area contributed by atoms with E-state index < -0.39 is 5.82 Å². The summed E-state index contributed by atoms with van der Waals surface area (Å²) in [6.07, 6.45) is 0.981. The predicted octanol–water partition coefficient (Wildman–Crippen LogP) is 2.86. The average Bonchev–Trinajstić information content (AvgIpc) is 2.38. The normalized spacial score (nSPS) is 12.8. The molecule has 0 heterocycles. The lowest BCUT2D eigenvalue weighted by molar-refractivity contribution is -0.121. The van der Waals surface area contributed by atoms with Gasteiger partial charge in [0, 0.05) is 6.04 Å². The molecule has 0 saturated carbocycles. The number of nitrogens with zero attached hydrogens (tertiary/aromatic N) is 1. The minimum absolute atomic E-state index is 0.134. The highest BCUT2D eigenvalue weighted by molar-refractivity contribution is 5.97. The van der Waals surface area contributed by atoms with Gasteiger partial charge < -0.3 is 11.1 Å². The molecule has 1 unspecified atom stereocenters. The molecule has 1 aromatic rings. The number of nitrogens with two attached hydrogens (primary N) is 1. The lowest BCUT2D eigenvalue weighted by Crippen LogP contribution is -2.46. The van der Waals surface area contributed by atoms with Crippen LogP contribution in [0.3, 0.4) is 0 Å². The summed E-state index contributed by atoms with van der Waals surface area (Å²) in [7, 11) is 0. The van der Waals surface area contributed by atoms with Crippen molar-refractivity contribution >= 4 is 17.3 Å². The van der Waals surface area contributed by atoms with Gasteiger partial charge in [-0.2, -0.15) is 0 Å². The first-order valence-electron chi connectivity index (χ1n) is 6.98. The van der Waals surface area contributed by atoms with Gasteiger partial charge in [-0.25, -0.2) is 4.39 Å². The minimum Gasteiger partial charge on any atom is -0.397 e. The molecule has 5 heteroatoms. The van der Waals surface area contributed by atoms with Crippen LogP contribution in [-0.4, -0.2) is 29.4 Å². The van der Waals surface area contributed by atoms with E-state index in [1.165, 1.54) is 18.2 Å². The fraction of sp³-hybridized carbons (Fsp3) is 0.533. The fourth-order valence-corrected chi connectivity index (χ4v) is 2.19. The Morgan fingerprint density at radius 2 is 2.05 bits per heavy atom. The molecule has 1 aromatic carbocycles. The molecule has 1 atom stereocenters. The van der Waals surface area contributed by atoms with Crippen LogP contribution in [-0.2, 0) is 4.79 Å². The summed E-state index contributed by atoms with van der Waals surface area (Å²) in [4.78, 5) is 14.4. The third-order valence-corrected chi connectivity index (χ3v) is 3.29. The number of rotatable bonds is 6. The van der Waals surface area contributed by atoms with Crippen molar-refractivity contribution in [3.05, 3.63) is 24.0 Å². The Bertz CT molecular complexity index is 462. The summed E-state index contributed by atoms with van der Waals surface area (Å²) in [5, 5.41) is 2.76. The molecule has 1 amide bonds. The van der Waals surface area contributed by atoms with E-state index in [9.17, 15) is 9.18 Å². The van der Waals surface area contributed by atoms with Crippen molar-refractivity contribution in [2.75, 3.05) is 17.6 Å². The van der Waals surface area contributed by atoms with Gasteiger partial charge in [-0.05, 0) is 51.9 Å². The molecule has 0 spiro atoms. The second kappa shape index (κ2) is 7.24. The van der Waals surface area contributed by atoms with Crippen LogP contribution in [0.15, 0.2) is 18.2 Å². The molecule has 4 nitrogen and oxygen atoms in total. The van der Waals surface area contributed by atoms with Gasteiger partial charge in [-0.15, -0.1) is 0 Å². The molecule has 0 radical (unpaired) electrons. The zero-order valence-electron chi connectivity index (χ0n) is 12.6. The Labute approximate surface area is 120 Å². The first-order chi connectivity index (χ1) is 9.36. The van der Waals surface area contributed by atoms with Gasteiger partial charge in [0.2, 0.25) is 5.91 Å². The van der Waals surface area contributed by atoms with E-state index in [2.05, 4.69) is 31.0 Å². The zero-order valence-corrected chi connectivity index (χ0v) is 12.6. The molecule has 0 aliphatic rings. The van der Waals surface area contributed by atoms with Crippen LogP contribution >= 0.6 is 0 Å². The quantitative estimate of drug-likeness (QED) is 0.788. The number of hydrogen-bond donors (Lipinski definition) is 2. The molecule has 112 valence electrons. The van der Waals surface area contributed by atoms with Gasteiger partial charge in [0.25, 0.3) is 0 Å². The SMILES string of the molecule is CCCN(C(C)C)C(C)C(=O)Nc1ccc(F)cc1N. The smallest absolute Gasteiger partial charge is 0.241 e. The van der Waals surface area contributed by atoms with Crippen LogP contribution in [0.1, 0.15) is 34.1 Å². The van der Waals surface area contributed by atoms with Crippen molar-refractivity contribution in [1.82, 2.24) is 4.90 Å². The van der Waals surface area contributed by atoms with Crippen LogP contribution in [0, 0.1) is 5.82 Å². The van der Waals surface area contributed by atoms with E-state index in [-0.39, 0.29) is 23.7 Å². The summed E-state index contributed by atoms with van der Waals surface area (Å²) in [6.45, 7) is 8.92. The number of benzene rings is 1. The molecular formula is C15H24FN3O. The molecule has 3 N–H and O–H groups in total. The molecule has 0 aromatic heterocycles. The molecule has 0 aliphatic heterocycles. The van der Waals surface area contributed by atoms with Gasteiger partial charge in [0.05, 0.1) is 17.4 Å². The van der Waals surface area contributed by atoms with E-state index >= 15 is 0 Å². The predicted molar refractivity (Wildman–Crippen MR) is 81.0 cm³/mol. The number of amides is 1. The molecule has 0 saturated heterocycles. The van der Waals surface area contributed by atoms with Crippen molar-refractivity contribution in [2.24, 2.45) is 0 Å². The summed E-state index contributed by atoms with van der Waals surface area (Å²) in [5.41, 5.74) is 6.38. The Hall–Kier alpha value is -1.62. The Morgan fingerprint density at radius 1 is 1.40 bits per heavy atom. The van der Waals surface area contributed by atoms with E-state index in [0.29, 0.717) is 5.69 Å². The van der Waals surface area contributed by atoms with Crippen molar-refractivity contribution in [2.45, 2.75) is 46.2 Å². The topological polar surface area (TPSA) is 58.4 Å². The lowest BCUT2D eigenvalue weighted by Gasteiger charge is -2.31. The van der Waals surface area contributed by atoms with Crippen molar-refractivity contribution in [3.63, 3.8) is 0 Å². The Balaban J connectivity index is 2.78. The van der Waals surface area contributed by atoms with Crippen molar-refractivity contribution < 1.29 is 9.18 Å². The average molecular weight is 281 g/mol. The number of hydrogen-bond acceptors (Lipinski definition) is 3.